The van der Waals surface area contributed by atoms with E-state index in [0.717, 1.165) is 18.9 Å². The summed E-state index contributed by atoms with van der Waals surface area (Å²) < 4.78 is 19.3. The van der Waals surface area contributed by atoms with Crippen molar-refractivity contribution in [2.75, 3.05) is 11.9 Å². The molecule has 2 aliphatic rings. The van der Waals surface area contributed by atoms with Crippen LogP contribution in [-0.2, 0) is 11.3 Å². The van der Waals surface area contributed by atoms with Gasteiger partial charge in [0.05, 0.1) is 11.3 Å². The Hall–Kier alpha value is -3.42. The summed E-state index contributed by atoms with van der Waals surface area (Å²) in [6, 6.07) is 8.74. The minimum Gasteiger partial charge on any atom is -0.482 e. The molecule has 2 aromatic carbocycles. The van der Waals surface area contributed by atoms with Crippen molar-refractivity contribution in [2.24, 2.45) is 0 Å². The largest absolute Gasteiger partial charge is 0.482 e. The average molecular weight is 384 g/mol. The van der Waals surface area contributed by atoms with Crippen molar-refractivity contribution in [3.05, 3.63) is 58.9 Å². The van der Waals surface area contributed by atoms with Crippen molar-refractivity contribution in [3.8, 4) is 5.75 Å². The number of hydrogen-bond acceptors (Lipinski definition) is 4. The minimum atomic E-state index is -1.33. The van der Waals surface area contributed by atoms with Gasteiger partial charge in [0.2, 0.25) is 0 Å². The highest BCUT2D eigenvalue weighted by Gasteiger charge is 2.33. The van der Waals surface area contributed by atoms with Gasteiger partial charge in [0, 0.05) is 18.2 Å². The Morgan fingerprint density at radius 1 is 1.21 bits per heavy atom. The smallest absolute Gasteiger partial charge is 0.338 e. The van der Waals surface area contributed by atoms with E-state index in [9.17, 15) is 18.8 Å². The number of rotatable bonds is 5. The van der Waals surface area contributed by atoms with E-state index in [1.807, 2.05) is 0 Å². The molecule has 2 amide bonds. The van der Waals surface area contributed by atoms with Gasteiger partial charge in [-0.2, -0.15) is 0 Å². The van der Waals surface area contributed by atoms with E-state index < -0.39 is 17.3 Å². The van der Waals surface area contributed by atoms with Gasteiger partial charge >= 0.3 is 5.97 Å². The number of fused-ring (bicyclic) bond motifs is 1. The fourth-order valence-corrected chi connectivity index (χ4v) is 3.15. The summed E-state index contributed by atoms with van der Waals surface area (Å²) >= 11 is 0. The average Bonchev–Trinajstić information content (AvgIpc) is 3.50. The zero-order chi connectivity index (χ0) is 19.8. The van der Waals surface area contributed by atoms with E-state index in [-0.39, 0.29) is 31.0 Å². The third-order valence-corrected chi connectivity index (χ3v) is 4.73. The zero-order valence-corrected chi connectivity index (χ0v) is 14.8. The molecule has 8 heteroatoms. The first-order chi connectivity index (χ1) is 13.4. The number of carbonyl (C=O) groups excluding carboxylic acids is 2. The van der Waals surface area contributed by atoms with E-state index >= 15 is 0 Å². The molecule has 1 heterocycles. The third kappa shape index (κ3) is 3.53. The van der Waals surface area contributed by atoms with Crippen LogP contribution in [0.5, 0.6) is 5.75 Å². The second-order valence-corrected chi connectivity index (χ2v) is 6.83. The first-order valence-corrected chi connectivity index (χ1v) is 8.82. The summed E-state index contributed by atoms with van der Waals surface area (Å²) in [7, 11) is 0. The Morgan fingerprint density at radius 3 is 2.68 bits per heavy atom. The van der Waals surface area contributed by atoms with Gasteiger partial charge in [-0.15, -0.1) is 0 Å². The second kappa shape index (κ2) is 6.95. The number of aromatic carboxylic acids is 1. The molecule has 28 heavy (non-hydrogen) atoms. The number of carboxylic acids is 1. The normalized spacial score (nSPS) is 15.2. The van der Waals surface area contributed by atoms with E-state index in [2.05, 4.69) is 5.32 Å². The molecule has 1 saturated carbocycles. The Bertz CT molecular complexity index is 987. The quantitative estimate of drug-likeness (QED) is 0.826. The molecule has 0 radical (unpaired) electrons. The summed E-state index contributed by atoms with van der Waals surface area (Å²) in [6.07, 6.45) is 1.72. The van der Waals surface area contributed by atoms with Crippen molar-refractivity contribution in [1.82, 2.24) is 4.90 Å². The van der Waals surface area contributed by atoms with Crippen LogP contribution >= 0.6 is 0 Å². The minimum absolute atomic E-state index is 0.0614. The maximum Gasteiger partial charge on any atom is 0.338 e. The molecule has 4 rings (SSSR count). The number of carboxylic acid groups (broad SMARTS) is 1. The Balaban J connectivity index is 1.57. The van der Waals surface area contributed by atoms with E-state index in [0.29, 0.717) is 22.6 Å². The van der Waals surface area contributed by atoms with E-state index in [4.69, 9.17) is 9.84 Å². The molecule has 1 aliphatic heterocycles. The Morgan fingerprint density at radius 2 is 2.00 bits per heavy atom. The number of benzene rings is 2. The molecule has 0 unspecified atom stereocenters. The van der Waals surface area contributed by atoms with Gasteiger partial charge < -0.3 is 20.1 Å². The van der Waals surface area contributed by atoms with Gasteiger partial charge in [-0.05, 0) is 48.7 Å². The summed E-state index contributed by atoms with van der Waals surface area (Å²) in [6.45, 7) is 0.0706. The summed E-state index contributed by atoms with van der Waals surface area (Å²) in [5.74, 6) is -2.21. The van der Waals surface area contributed by atoms with Crippen LogP contribution in [0.1, 0.15) is 39.1 Å². The number of nitrogens with one attached hydrogen (secondary N) is 1. The second-order valence-electron chi connectivity index (χ2n) is 6.83. The van der Waals surface area contributed by atoms with E-state index in [1.54, 1.807) is 23.1 Å². The number of ether oxygens (including phenoxy) is 1. The third-order valence-electron chi connectivity index (χ3n) is 4.73. The van der Waals surface area contributed by atoms with Crippen molar-refractivity contribution in [2.45, 2.75) is 25.4 Å². The molecular weight excluding hydrogens is 367 g/mol. The first-order valence-electron chi connectivity index (χ1n) is 8.82. The number of halogens is 1. The highest BCUT2D eigenvalue weighted by Crippen LogP contribution is 2.33. The lowest BCUT2D eigenvalue weighted by atomic mass is 10.1. The van der Waals surface area contributed by atoms with Crippen LogP contribution in [0.25, 0.3) is 0 Å². The SMILES string of the molecule is O=C1COc2cc(C(=O)N(Cc3ccc(C(=O)O)c(F)c3)C3CC3)ccc2N1. The molecule has 2 aromatic rings. The summed E-state index contributed by atoms with van der Waals surface area (Å²) in [5, 5.41) is 11.6. The molecule has 0 atom stereocenters. The molecule has 144 valence electrons. The summed E-state index contributed by atoms with van der Waals surface area (Å²) in [5.41, 5.74) is 1.03. The van der Waals surface area contributed by atoms with Crippen molar-refractivity contribution in [1.29, 1.82) is 0 Å². The topological polar surface area (TPSA) is 95.9 Å². The van der Waals surface area contributed by atoms with Crippen LogP contribution in [0.15, 0.2) is 36.4 Å². The number of hydrogen-bond donors (Lipinski definition) is 2. The van der Waals surface area contributed by atoms with Crippen LogP contribution in [0.3, 0.4) is 0 Å². The molecular formula is C20H17FN2O5. The van der Waals surface area contributed by atoms with Crippen LogP contribution in [0, 0.1) is 5.82 Å². The molecule has 0 aromatic heterocycles. The van der Waals surface area contributed by atoms with Crippen LogP contribution in [-0.4, -0.2) is 40.4 Å². The molecule has 1 fully saturated rings. The monoisotopic (exact) mass is 384 g/mol. The molecule has 0 spiro atoms. The fourth-order valence-electron chi connectivity index (χ4n) is 3.15. The van der Waals surface area contributed by atoms with Crippen LogP contribution < -0.4 is 10.1 Å². The molecule has 7 nitrogen and oxygen atoms in total. The van der Waals surface area contributed by atoms with Crippen molar-refractivity contribution in [3.63, 3.8) is 0 Å². The van der Waals surface area contributed by atoms with Gasteiger partial charge in [0.15, 0.2) is 6.61 Å². The Labute approximate surface area is 159 Å². The van der Waals surface area contributed by atoms with E-state index in [1.165, 1.54) is 12.1 Å². The number of amides is 2. The highest BCUT2D eigenvalue weighted by atomic mass is 19.1. The number of carbonyl (C=O) groups is 3. The van der Waals surface area contributed by atoms with Crippen molar-refractivity contribution < 1.29 is 28.6 Å². The molecule has 2 N–H and O–H groups in total. The fraction of sp³-hybridized carbons (Fsp3) is 0.250. The molecule has 0 saturated heterocycles. The maximum absolute atomic E-state index is 14.0. The van der Waals surface area contributed by atoms with Crippen LogP contribution in [0.4, 0.5) is 10.1 Å². The van der Waals surface area contributed by atoms with Crippen LogP contribution in [0.2, 0.25) is 0 Å². The predicted octanol–water partition coefficient (Wildman–Crippen LogP) is 2.66. The van der Waals surface area contributed by atoms with Gasteiger partial charge in [-0.25, -0.2) is 9.18 Å². The molecule has 0 bridgehead atoms. The van der Waals surface area contributed by atoms with Crippen molar-refractivity contribution >= 4 is 23.5 Å². The summed E-state index contributed by atoms with van der Waals surface area (Å²) in [4.78, 5) is 37.0. The predicted molar refractivity (Wildman–Crippen MR) is 96.8 cm³/mol. The Kier molecular flexibility index (Phi) is 4.46. The highest BCUT2D eigenvalue weighted by molar-refractivity contribution is 5.99. The maximum atomic E-state index is 14.0. The standard InChI is InChI=1S/C20H17FN2O5/c21-15-7-11(1-5-14(15)20(26)27)9-23(13-3-4-13)19(25)12-2-6-16-17(8-12)28-10-18(24)22-16/h1-2,5-8,13H,3-4,9-10H2,(H,22,24)(H,26,27). The van der Waals surface area contributed by atoms with Gasteiger partial charge in [-0.3, -0.25) is 9.59 Å². The lowest BCUT2D eigenvalue weighted by Gasteiger charge is -2.24. The number of nitrogens with zero attached hydrogens (tertiary/aromatic N) is 1. The lowest BCUT2D eigenvalue weighted by molar-refractivity contribution is -0.118. The van der Waals surface area contributed by atoms with Gasteiger partial charge in [-0.1, -0.05) is 6.07 Å². The zero-order valence-electron chi connectivity index (χ0n) is 14.8. The molecule has 1 aliphatic carbocycles. The first kappa shape index (κ1) is 18.0. The number of anilines is 1. The lowest BCUT2D eigenvalue weighted by Crippen LogP contribution is -2.33. The van der Waals surface area contributed by atoms with Gasteiger partial charge in [0.25, 0.3) is 11.8 Å². The van der Waals surface area contributed by atoms with Gasteiger partial charge in [0.1, 0.15) is 11.6 Å².